The van der Waals surface area contributed by atoms with Crippen LogP contribution in [-0.4, -0.2) is 86.4 Å². The van der Waals surface area contributed by atoms with E-state index in [2.05, 4.69) is 5.32 Å². The standard InChI is InChI=1S/C33H39F2N4O7PS/c1-20(40)38-16-15-37(19-25(38)21-9-6-5-7-10-21)30(42)24-11-8-14-39(24)31(43)28(32(2,3)4)36-29(41)27-18-22-17-23(12-13-26(22)48-27)33(34,35)47(44,45)46/h5-7,9-10,12-13,17-18,24-25,28H,8,11,14-16,19H2,1-4H3,(H,36,41)(H2,44,45,46). The molecule has 258 valence electrons. The first-order valence-electron chi connectivity index (χ1n) is 15.6. The molecule has 0 radical (unpaired) electrons. The number of hydrogen-bond acceptors (Lipinski definition) is 6. The van der Waals surface area contributed by atoms with Gasteiger partial charge in [0, 0.05) is 43.4 Å². The molecular formula is C33H39F2N4O7PS. The molecule has 0 spiro atoms. The number of halogens is 2. The Morgan fingerprint density at radius 1 is 0.979 bits per heavy atom. The van der Waals surface area contributed by atoms with Crippen LogP contribution in [0.5, 0.6) is 0 Å². The third-order valence-electron chi connectivity index (χ3n) is 8.94. The van der Waals surface area contributed by atoms with E-state index in [9.17, 15) is 32.5 Å². The van der Waals surface area contributed by atoms with Crippen LogP contribution < -0.4 is 5.32 Å². The van der Waals surface area contributed by atoms with E-state index in [0.29, 0.717) is 37.2 Å². The van der Waals surface area contributed by atoms with Crippen molar-refractivity contribution in [1.82, 2.24) is 20.0 Å². The van der Waals surface area contributed by atoms with Gasteiger partial charge in [0.05, 0.1) is 10.9 Å². The fourth-order valence-electron chi connectivity index (χ4n) is 6.35. The number of nitrogens with zero attached hydrogens (tertiary/aromatic N) is 3. The summed E-state index contributed by atoms with van der Waals surface area (Å²) in [5.74, 6) is -1.34. The third-order valence-corrected chi connectivity index (χ3v) is 11.0. The molecule has 5 rings (SSSR count). The fourth-order valence-corrected chi connectivity index (χ4v) is 7.77. The van der Waals surface area contributed by atoms with Gasteiger partial charge in [0.2, 0.25) is 17.7 Å². The zero-order valence-electron chi connectivity index (χ0n) is 27.1. The lowest BCUT2D eigenvalue weighted by Gasteiger charge is -2.43. The molecule has 0 aliphatic carbocycles. The van der Waals surface area contributed by atoms with Crippen molar-refractivity contribution in [1.29, 1.82) is 0 Å². The highest BCUT2D eigenvalue weighted by atomic mass is 32.1. The Bertz CT molecular complexity index is 1770. The Morgan fingerprint density at radius 3 is 2.29 bits per heavy atom. The number of carbonyl (C=O) groups excluding carboxylic acids is 4. The molecule has 3 N–H and O–H groups in total. The highest BCUT2D eigenvalue weighted by molar-refractivity contribution is 7.52. The van der Waals surface area contributed by atoms with Crippen LogP contribution in [0.3, 0.4) is 0 Å². The Morgan fingerprint density at radius 2 is 1.67 bits per heavy atom. The lowest BCUT2D eigenvalue weighted by molar-refractivity contribution is -0.149. The first-order chi connectivity index (χ1) is 22.4. The van der Waals surface area contributed by atoms with E-state index in [0.717, 1.165) is 29.0 Å². The van der Waals surface area contributed by atoms with E-state index in [4.69, 9.17) is 9.79 Å². The third kappa shape index (κ3) is 7.03. The number of rotatable bonds is 7. The summed E-state index contributed by atoms with van der Waals surface area (Å²) in [6.45, 7) is 8.16. The first-order valence-corrected chi connectivity index (χ1v) is 18.0. The fraction of sp³-hybridized carbons (Fsp3) is 0.455. The lowest BCUT2D eigenvalue weighted by atomic mass is 9.85. The quantitative estimate of drug-likeness (QED) is 0.302. The second-order valence-electron chi connectivity index (χ2n) is 13.3. The number of alkyl halides is 2. The highest BCUT2D eigenvalue weighted by Crippen LogP contribution is 2.59. The first kappa shape index (κ1) is 35.6. The van der Waals surface area contributed by atoms with Gasteiger partial charge in [0.15, 0.2) is 0 Å². The van der Waals surface area contributed by atoms with Crippen LogP contribution in [0.15, 0.2) is 54.6 Å². The molecule has 4 amide bonds. The van der Waals surface area contributed by atoms with Crippen LogP contribution >= 0.6 is 18.9 Å². The molecule has 3 aromatic rings. The van der Waals surface area contributed by atoms with Gasteiger partial charge in [0.1, 0.15) is 12.1 Å². The minimum atomic E-state index is -5.78. The van der Waals surface area contributed by atoms with Crippen LogP contribution in [0.1, 0.15) is 67.4 Å². The molecule has 48 heavy (non-hydrogen) atoms. The van der Waals surface area contributed by atoms with Crippen LogP contribution in [-0.2, 0) is 24.6 Å². The number of piperazine rings is 1. The maximum Gasteiger partial charge on any atom is 0.399 e. The molecule has 15 heteroatoms. The van der Waals surface area contributed by atoms with Gasteiger partial charge >= 0.3 is 13.3 Å². The van der Waals surface area contributed by atoms with Gasteiger partial charge in [-0.1, -0.05) is 57.2 Å². The van der Waals surface area contributed by atoms with Crippen molar-refractivity contribution < 1.29 is 42.3 Å². The average molecular weight is 705 g/mol. The summed E-state index contributed by atoms with van der Waals surface area (Å²) in [5.41, 5.74) is -5.14. The maximum absolute atomic E-state index is 14.3. The van der Waals surface area contributed by atoms with Crippen molar-refractivity contribution in [2.45, 2.75) is 64.3 Å². The van der Waals surface area contributed by atoms with Gasteiger partial charge in [0.25, 0.3) is 5.91 Å². The van der Waals surface area contributed by atoms with E-state index in [1.165, 1.54) is 24.0 Å². The van der Waals surface area contributed by atoms with Crippen LogP contribution in [0, 0.1) is 5.41 Å². The summed E-state index contributed by atoms with van der Waals surface area (Å²) in [6, 6.07) is 11.8. The molecule has 3 unspecified atom stereocenters. The SMILES string of the molecule is CC(=O)N1CCN(C(=O)C2CCCN2C(=O)C(NC(=O)c2cc3cc(C(F)(F)P(=O)(O)O)ccc3s2)C(C)(C)C)CC1c1ccccc1. The number of nitrogens with one attached hydrogen (secondary N) is 1. The highest BCUT2D eigenvalue weighted by Gasteiger charge is 2.50. The number of fused-ring (bicyclic) bond motifs is 1. The van der Waals surface area contributed by atoms with Crippen molar-refractivity contribution in [3.63, 3.8) is 0 Å². The van der Waals surface area contributed by atoms with Crippen LogP contribution in [0.2, 0.25) is 0 Å². The molecule has 2 aromatic carbocycles. The molecule has 11 nitrogen and oxygen atoms in total. The summed E-state index contributed by atoms with van der Waals surface area (Å²) in [6.07, 6.45) is 1.05. The van der Waals surface area contributed by atoms with E-state index < -0.39 is 48.1 Å². The van der Waals surface area contributed by atoms with Gasteiger partial charge < -0.3 is 29.8 Å². The Hall–Kier alpha value is -3.71. The summed E-state index contributed by atoms with van der Waals surface area (Å²) in [7, 11) is -5.78. The van der Waals surface area contributed by atoms with Crippen molar-refractivity contribution in [2.75, 3.05) is 26.2 Å². The van der Waals surface area contributed by atoms with Gasteiger partial charge in [-0.25, -0.2) is 0 Å². The summed E-state index contributed by atoms with van der Waals surface area (Å²) < 4.78 is 40.5. The van der Waals surface area contributed by atoms with E-state index >= 15 is 0 Å². The van der Waals surface area contributed by atoms with Crippen molar-refractivity contribution >= 4 is 52.6 Å². The minimum Gasteiger partial charge on any atom is -0.339 e. The Labute approximate surface area is 281 Å². The molecule has 1 aromatic heterocycles. The zero-order chi connectivity index (χ0) is 35.2. The molecule has 2 aliphatic heterocycles. The lowest BCUT2D eigenvalue weighted by Crippen LogP contribution is -2.59. The summed E-state index contributed by atoms with van der Waals surface area (Å²) in [5, 5.41) is 3.00. The number of carbonyl (C=O) groups is 4. The van der Waals surface area contributed by atoms with Crippen LogP contribution in [0.25, 0.3) is 10.1 Å². The Kier molecular flexibility index (Phi) is 9.86. The monoisotopic (exact) mass is 704 g/mol. The second kappa shape index (κ2) is 13.3. The maximum atomic E-state index is 14.3. The largest absolute Gasteiger partial charge is 0.399 e. The predicted molar refractivity (Wildman–Crippen MR) is 176 cm³/mol. The molecule has 2 aliphatic rings. The van der Waals surface area contributed by atoms with E-state index in [1.807, 2.05) is 30.3 Å². The summed E-state index contributed by atoms with van der Waals surface area (Å²) in [4.78, 5) is 77.4. The second-order valence-corrected chi connectivity index (χ2v) is 16.1. The molecule has 2 fully saturated rings. The van der Waals surface area contributed by atoms with E-state index in [1.54, 1.807) is 30.6 Å². The van der Waals surface area contributed by atoms with Crippen LogP contribution in [0.4, 0.5) is 8.78 Å². The average Bonchev–Trinajstić information content (AvgIpc) is 3.69. The molecule has 0 bridgehead atoms. The zero-order valence-corrected chi connectivity index (χ0v) is 28.8. The van der Waals surface area contributed by atoms with Gasteiger partial charge in [-0.2, -0.15) is 8.78 Å². The number of likely N-dealkylation sites (tertiary alicyclic amines) is 1. The smallest absolute Gasteiger partial charge is 0.339 e. The Balaban J connectivity index is 1.34. The molecule has 3 heterocycles. The van der Waals surface area contributed by atoms with Crippen molar-refractivity contribution in [3.8, 4) is 0 Å². The van der Waals surface area contributed by atoms with Crippen molar-refractivity contribution in [3.05, 3.63) is 70.6 Å². The normalized spacial score (nSPS) is 19.8. The number of hydrogen-bond donors (Lipinski definition) is 3. The topological polar surface area (TPSA) is 148 Å². The minimum absolute atomic E-state index is 0.0875. The molecule has 2 saturated heterocycles. The molecule has 0 saturated carbocycles. The van der Waals surface area contributed by atoms with Gasteiger partial charge in [-0.05, 0) is 47.4 Å². The predicted octanol–water partition coefficient (Wildman–Crippen LogP) is 4.70. The number of thiophene rings is 1. The molecular weight excluding hydrogens is 665 g/mol. The van der Waals surface area contributed by atoms with E-state index in [-0.39, 0.29) is 34.7 Å². The number of benzene rings is 2. The summed E-state index contributed by atoms with van der Waals surface area (Å²) >= 11 is 0.989. The van der Waals surface area contributed by atoms with Crippen molar-refractivity contribution in [2.24, 2.45) is 5.41 Å². The number of amides is 4. The van der Waals surface area contributed by atoms with Gasteiger partial charge in [-0.3, -0.25) is 23.7 Å². The van der Waals surface area contributed by atoms with Gasteiger partial charge in [-0.15, -0.1) is 11.3 Å². The molecule has 3 atom stereocenters.